The van der Waals surface area contributed by atoms with Crippen molar-refractivity contribution in [3.8, 4) is 0 Å². The quantitative estimate of drug-likeness (QED) is 0.264. The van der Waals surface area contributed by atoms with Gasteiger partial charge in [0.2, 0.25) is 5.91 Å². The van der Waals surface area contributed by atoms with Crippen LogP contribution in [0.1, 0.15) is 67.5 Å². The Morgan fingerprint density at radius 3 is 2.53 bits per heavy atom. The van der Waals surface area contributed by atoms with Crippen molar-refractivity contribution in [2.75, 3.05) is 0 Å². The number of carbonyl (C=O) groups is 2. The number of amides is 2. The number of imidazole rings is 1. The number of aromatic nitrogens is 3. The summed E-state index contributed by atoms with van der Waals surface area (Å²) in [4.78, 5) is 38.3. The summed E-state index contributed by atoms with van der Waals surface area (Å²) >= 11 is 0. The predicted octanol–water partition coefficient (Wildman–Crippen LogP) is 2.89. The summed E-state index contributed by atoms with van der Waals surface area (Å²) in [5.41, 5.74) is 1.60. The standard InChI is InChI=1S/C29H37N5O4/c35-26(20-10-11-20)27(36)24(14-18-6-2-1-3-7-18)33-29(38)25(15-21-16-30-17-31-21)34-28(37)23-13-12-19-8-4-5-9-22(19)32-23/h4-5,8-9,12-13,16-18,20,24-27,35-36H,1-3,6-7,10-11,14-15H2,(H,30,31)(H,33,38)(H,34,37)/t24-,25-,26-,27+/m0/s1. The smallest absolute Gasteiger partial charge is 0.270 e. The number of para-hydroxylation sites is 1. The van der Waals surface area contributed by atoms with E-state index in [0.717, 1.165) is 43.9 Å². The van der Waals surface area contributed by atoms with Gasteiger partial charge in [0, 0.05) is 23.7 Å². The van der Waals surface area contributed by atoms with Crippen molar-refractivity contribution in [2.24, 2.45) is 11.8 Å². The average molecular weight is 520 g/mol. The molecule has 5 rings (SSSR count). The van der Waals surface area contributed by atoms with Gasteiger partial charge in [0.25, 0.3) is 5.91 Å². The summed E-state index contributed by atoms with van der Waals surface area (Å²) in [5.74, 6) is -0.401. The molecular weight excluding hydrogens is 482 g/mol. The molecular formula is C29H37N5O4. The van der Waals surface area contributed by atoms with Gasteiger partial charge in [-0.2, -0.15) is 0 Å². The van der Waals surface area contributed by atoms with E-state index in [0.29, 0.717) is 23.5 Å². The highest BCUT2D eigenvalue weighted by molar-refractivity contribution is 5.98. The van der Waals surface area contributed by atoms with E-state index in [2.05, 4.69) is 25.6 Å². The van der Waals surface area contributed by atoms with Gasteiger partial charge in [-0.3, -0.25) is 9.59 Å². The molecule has 0 unspecified atom stereocenters. The van der Waals surface area contributed by atoms with E-state index in [1.807, 2.05) is 30.3 Å². The second-order valence-electron chi connectivity index (χ2n) is 10.9. The second kappa shape index (κ2) is 12.0. The number of aromatic amines is 1. The lowest BCUT2D eigenvalue weighted by Gasteiger charge is -2.33. The van der Waals surface area contributed by atoms with Gasteiger partial charge in [0.05, 0.1) is 24.0 Å². The van der Waals surface area contributed by atoms with E-state index in [9.17, 15) is 19.8 Å². The number of hydrogen-bond acceptors (Lipinski definition) is 6. The second-order valence-corrected chi connectivity index (χ2v) is 10.9. The van der Waals surface area contributed by atoms with Gasteiger partial charge < -0.3 is 25.8 Å². The first-order valence-electron chi connectivity index (χ1n) is 13.8. The Labute approximate surface area is 222 Å². The zero-order valence-corrected chi connectivity index (χ0v) is 21.6. The number of benzene rings is 1. The molecule has 2 aromatic heterocycles. The minimum absolute atomic E-state index is 0.0789. The lowest BCUT2D eigenvalue weighted by molar-refractivity contribution is -0.125. The SMILES string of the molecule is O=C(N[C@@H](Cc1cnc[nH]1)C(=O)N[C@@H](CC1CCCCC1)[C@@H](O)[C@@H](O)C1CC1)c1ccc2ccccc2n1. The van der Waals surface area contributed by atoms with E-state index in [4.69, 9.17) is 0 Å². The Bertz CT molecular complexity index is 1220. The van der Waals surface area contributed by atoms with E-state index in [1.165, 1.54) is 12.7 Å². The molecule has 0 radical (unpaired) electrons. The maximum Gasteiger partial charge on any atom is 0.270 e. The molecule has 9 nitrogen and oxygen atoms in total. The molecule has 0 aliphatic heterocycles. The van der Waals surface area contributed by atoms with Gasteiger partial charge >= 0.3 is 0 Å². The van der Waals surface area contributed by atoms with Crippen LogP contribution in [0.25, 0.3) is 10.9 Å². The molecule has 0 bridgehead atoms. The van der Waals surface area contributed by atoms with Gasteiger partial charge in [-0.1, -0.05) is 56.4 Å². The molecule has 5 N–H and O–H groups in total. The Morgan fingerprint density at radius 1 is 1.00 bits per heavy atom. The highest BCUT2D eigenvalue weighted by Gasteiger charge is 2.40. The zero-order valence-electron chi connectivity index (χ0n) is 21.6. The van der Waals surface area contributed by atoms with Crippen molar-refractivity contribution in [1.82, 2.24) is 25.6 Å². The number of aliphatic hydroxyl groups is 2. The van der Waals surface area contributed by atoms with Crippen LogP contribution in [-0.2, 0) is 11.2 Å². The van der Waals surface area contributed by atoms with E-state index in [1.54, 1.807) is 12.3 Å². The Kier molecular flexibility index (Phi) is 8.34. The summed E-state index contributed by atoms with van der Waals surface area (Å²) < 4.78 is 0. The molecule has 38 heavy (non-hydrogen) atoms. The molecule has 2 heterocycles. The van der Waals surface area contributed by atoms with E-state index >= 15 is 0 Å². The highest BCUT2D eigenvalue weighted by atomic mass is 16.3. The van der Waals surface area contributed by atoms with Gasteiger partial charge in [-0.25, -0.2) is 9.97 Å². The molecule has 4 atom stereocenters. The third-order valence-corrected chi connectivity index (χ3v) is 7.94. The molecule has 1 aromatic carbocycles. The van der Waals surface area contributed by atoms with Crippen LogP contribution in [0.15, 0.2) is 48.9 Å². The van der Waals surface area contributed by atoms with Crippen LogP contribution in [-0.4, -0.2) is 61.3 Å². The van der Waals surface area contributed by atoms with Crippen molar-refractivity contribution < 1.29 is 19.8 Å². The molecule has 2 saturated carbocycles. The molecule has 202 valence electrons. The third kappa shape index (κ3) is 6.57. The summed E-state index contributed by atoms with van der Waals surface area (Å²) in [7, 11) is 0. The average Bonchev–Trinajstić information content (AvgIpc) is 3.67. The van der Waals surface area contributed by atoms with Crippen LogP contribution < -0.4 is 10.6 Å². The van der Waals surface area contributed by atoms with Crippen LogP contribution in [0.4, 0.5) is 0 Å². The molecule has 9 heteroatoms. The minimum atomic E-state index is -1.06. The van der Waals surface area contributed by atoms with Crippen molar-refractivity contribution in [2.45, 2.75) is 82.1 Å². The Hall–Kier alpha value is -3.30. The van der Waals surface area contributed by atoms with Gasteiger partial charge in [-0.05, 0) is 43.2 Å². The normalized spacial score (nSPS) is 19.4. The molecule has 2 fully saturated rings. The third-order valence-electron chi connectivity index (χ3n) is 7.94. The molecule has 2 aliphatic carbocycles. The van der Waals surface area contributed by atoms with Gasteiger partial charge in [0.1, 0.15) is 17.8 Å². The van der Waals surface area contributed by atoms with Crippen LogP contribution in [0.5, 0.6) is 0 Å². The van der Waals surface area contributed by atoms with Crippen molar-refractivity contribution >= 4 is 22.7 Å². The molecule has 0 saturated heterocycles. The highest BCUT2D eigenvalue weighted by Crippen LogP contribution is 2.36. The van der Waals surface area contributed by atoms with E-state index < -0.39 is 36.1 Å². The monoisotopic (exact) mass is 519 g/mol. The number of H-pyrrole nitrogens is 1. The maximum atomic E-state index is 13.6. The number of rotatable bonds is 11. The molecule has 3 aromatic rings. The number of pyridine rings is 1. The number of fused-ring (bicyclic) bond motifs is 1. The van der Waals surface area contributed by atoms with Gasteiger partial charge in [0.15, 0.2) is 0 Å². The van der Waals surface area contributed by atoms with Crippen LogP contribution in [0.3, 0.4) is 0 Å². The maximum absolute atomic E-state index is 13.6. The number of nitrogens with zero attached hydrogens (tertiary/aromatic N) is 2. The fourth-order valence-corrected chi connectivity index (χ4v) is 5.55. The number of hydrogen-bond donors (Lipinski definition) is 5. The molecule has 2 amide bonds. The number of aliphatic hydroxyl groups excluding tert-OH is 2. The Balaban J connectivity index is 1.33. The van der Waals surface area contributed by atoms with Crippen molar-refractivity contribution in [3.63, 3.8) is 0 Å². The van der Waals surface area contributed by atoms with Crippen LogP contribution >= 0.6 is 0 Å². The fourth-order valence-electron chi connectivity index (χ4n) is 5.55. The Morgan fingerprint density at radius 2 is 1.79 bits per heavy atom. The topological polar surface area (TPSA) is 140 Å². The minimum Gasteiger partial charge on any atom is -0.390 e. The number of carbonyl (C=O) groups excluding carboxylic acids is 2. The first-order valence-corrected chi connectivity index (χ1v) is 13.8. The van der Waals surface area contributed by atoms with Gasteiger partial charge in [-0.15, -0.1) is 0 Å². The fraction of sp³-hybridized carbons (Fsp3) is 0.517. The summed E-state index contributed by atoms with van der Waals surface area (Å²) in [6.45, 7) is 0. The van der Waals surface area contributed by atoms with E-state index in [-0.39, 0.29) is 18.0 Å². The molecule has 0 spiro atoms. The first kappa shape index (κ1) is 26.3. The van der Waals surface area contributed by atoms with Crippen molar-refractivity contribution in [3.05, 3.63) is 60.3 Å². The zero-order chi connectivity index (χ0) is 26.5. The number of nitrogens with one attached hydrogen (secondary N) is 3. The van der Waals surface area contributed by atoms with Crippen LogP contribution in [0.2, 0.25) is 0 Å². The predicted molar refractivity (Wildman–Crippen MR) is 143 cm³/mol. The molecule has 2 aliphatic rings. The van der Waals surface area contributed by atoms with Crippen LogP contribution in [0, 0.1) is 11.8 Å². The lowest BCUT2D eigenvalue weighted by Crippen LogP contribution is -2.56. The first-order chi connectivity index (χ1) is 18.5. The van der Waals surface area contributed by atoms with Crippen molar-refractivity contribution in [1.29, 1.82) is 0 Å². The lowest BCUT2D eigenvalue weighted by atomic mass is 9.82. The summed E-state index contributed by atoms with van der Waals surface area (Å²) in [6, 6.07) is 9.49. The summed E-state index contributed by atoms with van der Waals surface area (Å²) in [6.07, 6.45) is 9.40. The largest absolute Gasteiger partial charge is 0.390 e. The summed E-state index contributed by atoms with van der Waals surface area (Å²) in [5, 5.41) is 28.6.